The summed E-state index contributed by atoms with van der Waals surface area (Å²) in [7, 11) is 0. The third-order valence-corrected chi connectivity index (χ3v) is 5.66. The molecule has 0 fully saturated rings. The van der Waals surface area contributed by atoms with Gasteiger partial charge in [-0.25, -0.2) is 0 Å². The first-order valence-corrected chi connectivity index (χ1v) is 8.13. The minimum atomic E-state index is -0.387. The van der Waals surface area contributed by atoms with Crippen molar-refractivity contribution in [2.24, 2.45) is 5.41 Å². The van der Waals surface area contributed by atoms with Crippen molar-refractivity contribution in [3.63, 3.8) is 0 Å². The average molecular weight is 338 g/mol. The van der Waals surface area contributed by atoms with Crippen LogP contribution in [0.3, 0.4) is 0 Å². The summed E-state index contributed by atoms with van der Waals surface area (Å²) in [5, 5.41) is 0.826. The second-order valence-electron chi connectivity index (χ2n) is 5.53. The normalized spacial score (nSPS) is 14.9. The van der Waals surface area contributed by atoms with Gasteiger partial charge in [-0.2, -0.15) is 0 Å². The number of aryl methyl sites for hydroxylation is 1. The lowest BCUT2D eigenvalue weighted by Crippen LogP contribution is -2.41. The highest BCUT2D eigenvalue weighted by Crippen LogP contribution is 2.37. The lowest BCUT2D eigenvalue weighted by Gasteiger charge is -2.34. The van der Waals surface area contributed by atoms with E-state index in [0.717, 1.165) is 29.4 Å². The van der Waals surface area contributed by atoms with Crippen molar-refractivity contribution in [3.05, 3.63) is 29.3 Å². The van der Waals surface area contributed by atoms with Crippen LogP contribution in [-0.4, -0.2) is 23.6 Å². The minimum Gasteiger partial charge on any atom is -0.304 e. The van der Waals surface area contributed by atoms with Gasteiger partial charge in [0.25, 0.3) is 11.7 Å². The number of carbonyl (C=O) groups is 2. The molecule has 0 atom stereocenters. The van der Waals surface area contributed by atoms with E-state index in [4.69, 9.17) is 0 Å². The highest BCUT2D eigenvalue weighted by molar-refractivity contribution is 9.09. The van der Waals surface area contributed by atoms with E-state index in [2.05, 4.69) is 29.8 Å². The van der Waals surface area contributed by atoms with Crippen molar-refractivity contribution < 1.29 is 9.59 Å². The highest BCUT2D eigenvalue weighted by atomic mass is 79.9. The Morgan fingerprint density at radius 1 is 1.20 bits per heavy atom. The lowest BCUT2D eigenvalue weighted by atomic mass is 9.84. The number of hydrogen-bond acceptors (Lipinski definition) is 2. The predicted octanol–water partition coefficient (Wildman–Crippen LogP) is 3.73. The highest BCUT2D eigenvalue weighted by Gasteiger charge is 2.40. The summed E-state index contributed by atoms with van der Waals surface area (Å²) in [4.78, 5) is 26.1. The number of nitrogens with zero attached hydrogens (tertiary/aromatic N) is 1. The van der Waals surface area contributed by atoms with Crippen molar-refractivity contribution in [2.45, 2.75) is 33.6 Å². The molecule has 0 radical (unpaired) electrons. The summed E-state index contributed by atoms with van der Waals surface area (Å²) in [5.41, 5.74) is 2.35. The Labute approximate surface area is 128 Å². The largest absolute Gasteiger partial charge is 0.304 e. The number of carbonyl (C=O) groups excluding carboxylic acids is 2. The van der Waals surface area contributed by atoms with Crippen LogP contribution in [-0.2, 0) is 4.79 Å². The summed E-state index contributed by atoms with van der Waals surface area (Å²) in [6.07, 6.45) is 1.93. The Balaban J connectivity index is 2.44. The van der Waals surface area contributed by atoms with Gasteiger partial charge >= 0.3 is 0 Å². The van der Waals surface area contributed by atoms with Gasteiger partial charge in [-0.05, 0) is 36.8 Å². The molecule has 3 nitrogen and oxygen atoms in total. The van der Waals surface area contributed by atoms with E-state index in [1.165, 1.54) is 0 Å². The van der Waals surface area contributed by atoms with E-state index in [1.54, 1.807) is 11.0 Å². The van der Waals surface area contributed by atoms with Crippen LogP contribution in [0.2, 0.25) is 0 Å². The van der Waals surface area contributed by atoms with Crippen LogP contribution in [0.15, 0.2) is 18.2 Å². The molecular formula is C16H20BrNO2. The molecule has 2 rings (SSSR count). The molecule has 1 aliphatic heterocycles. The molecule has 0 aromatic heterocycles. The topological polar surface area (TPSA) is 37.4 Å². The maximum atomic E-state index is 12.3. The molecule has 1 aromatic carbocycles. The number of fused-ring (bicyclic) bond motifs is 1. The van der Waals surface area contributed by atoms with E-state index < -0.39 is 0 Å². The number of rotatable bonds is 5. The van der Waals surface area contributed by atoms with Gasteiger partial charge in [-0.15, -0.1) is 0 Å². The number of amides is 1. The third-order valence-electron chi connectivity index (χ3n) is 4.47. The van der Waals surface area contributed by atoms with Crippen LogP contribution in [0.25, 0.3) is 0 Å². The summed E-state index contributed by atoms with van der Waals surface area (Å²) in [5.74, 6) is -0.763. The fraction of sp³-hybridized carbons (Fsp3) is 0.500. The Bertz CT molecular complexity index is 541. The zero-order valence-corrected chi connectivity index (χ0v) is 13.8. The van der Waals surface area contributed by atoms with Gasteiger partial charge < -0.3 is 4.90 Å². The standard InChI is InChI=1S/C16H20BrNO2/c1-4-16(5-2,9-17)10-18-13-11(3)7-6-8-12(13)14(19)15(18)20/h6-8H,4-5,9-10H2,1-3H3. The average Bonchev–Trinajstić information content (AvgIpc) is 2.71. The van der Waals surface area contributed by atoms with Gasteiger partial charge in [0.05, 0.1) is 11.3 Å². The molecule has 0 bridgehead atoms. The molecule has 1 amide bonds. The van der Waals surface area contributed by atoms with Crippen molar-refractivity contribution in [1.29, 1.82) is 0 Å². The van der Waals surface area contributed by atoms with Crippen LogP contribution in [0.1, 0.15) is 42.6 Å². The summed E-state index contributed by atoms with van der Waals surface area (Å²) in [6, 6.07) is 5.53. The number of anilines is 1. The van der Waals surface area contributed by atoms with Crippen LogP contribution >= 0.6 is 15.9 Å². The molecule has 1 heterocycles. The number of ketones is 1. The third kappa shape index (κ3) is 2.30. The first kappa shape index (κ1) is 15.2. The molecule has 1 aliphatic rings. The monoisotopic (exact) mass is 337 g/mol. The van der Waals surface area contributed by atoms with E-state index in [-0.39, 0.29) is 17.1 Å². The minimum absolute atomic E-state index is 0.0137. The maximum absolute atomic E-state index is 12.3. The Morgan fingerprint density at radius 2 is 1.85 bits per heavy atom. The number of halogens is 1. The second kappa shape index (κ2) is 5.68. The Kier molecular flexibility index (Phi) is 4.33. The Morgan fingerprint density at radius 3 is 2.40 bits per heavy atom. The zero-order chi connectivity index (χ0) is 14.9. The Hall–Kier alpha value is -1.16. The van der Waals surface area contributed by atoms with Gasteiger partial charge in [0.15, 0.2) is 0 Å². The van der Waals surface area contributed by atoms with E-state index >= 15 is 0 Å². The predicted molar refractivity (Wildman–Crippen MR) is 84.7 cm³/mol. The summed E-state index contributed by atoms with van der Waals surface area (Å²) >= 11 is 3.57. The number of para-hydroxylation sites is 1. The van der Waals surface area contributed by atoms with E-state index in [0.29, 0.717) is 12.1 Å². The van der Waals surface area contributed by atoms with Crippen molar-refractivity contribution >= 4 is 33.3 Å². The molecule has 4 heteroatoms. The van der Waals surface area contributed by atoms with Gasteiger partial charge in [-0.3, -0.25) is 9.59 Å². The first-order chi connectivity index (χ1) is 9.49. The van der Waals surface area contributed by atoms with Crippen LogP contribution < -0.4 is 4.90 Å². The number of benzene rings is 1. The number of alkyl halides is 1. The number of Topliss-reactive ketones (excluding diaryl/α,β-unsaturated/α-hetero) is 1. The molecule has 0 spiro atoms. The van der Waals surface area contributed by atoms with Crippen molar-refractivity contribution in [1.82, 2.24) is 0 Å². The molecule has 0 unspecified atom stereocenters. The molecule has 108 valence electrons. The second-order valence-corrected chi connectivity index (χ2v) is 6.09. The van der Waals surface area contributed by atoms with Gasteiger partial charge in [0, 0.05) is 11.9 Å². The fourth-order valence-corrected chi connectivity index (χ4v) is 3.70. The summed E-state index contributed by atoms with van der Waals surface area (Å²) in [6.45, 7) is 6.80. The van der Waals surface area contributed by atoms with Gasteiger partial charge in [0.1, 0.15) is 0 Å². The van der Waals surface area contributed by atoms with Crippen LogP contribution in [0.5, 0.6) is 0 Å². The maximum Gasteiger partial charge on any atom is 0.299 e. The van der Waals surface area contributed by atoms with E-state index in [1.807, 2.05) is 19.1 Å². The molecule has 0 saturated heterocycles. The molecule has 0 aliphatic carbocycles. The van der Waals surface area contributed by atoms with Gasteiger partial charge in [-0.1, -0.05) is 41.9 Å². The summed E-state index contributed by atoms with van der Waals surface area (Å²) < 4.78 is 0. The molecular weight excluding hydrogens is 318 g/mol. The molecule has 1 aromatic rings. The molecule has 20 heavy (non-hydrogen) atoms. The van der Waals surface area contributed by atoms with Gasteiger partial charge in [0.2, 0.25) is 0 Å². The number of hydrogen-bond donors (Lipinski definition) is 0. The lowest BCUT2D eigenvalue weighted by molar-refractivity contribution is -0.114. The smallest absolute Gasteiger partial charge is 0.299 e. The molecule has 0 N–H and O–H groups in total. The first-order valence-electron chi connectivity index (χ1n) is 7.01. The van der Waals surface area contributed by atoms with E-state index in [9.17, 15) is 9.59 Å². The zero-order valence-electron chi connectivity index (χ0n) is 12.2. The van der Waals surface area contributed by atoms with Crippen LogP contribution in [0, 0.1) is 12.3 Å². The quantitative estimate of drug-likeness (QED) is 0.606. The van der Waals surface area contributed by atoms with Crippen molar-refractivity contribution in [2.75, 3.05) is 16.8 Å². The van der Waals surface area contributed by atoms with Crippen molar-refractivity contribution in [3.8, 4) is 0 Å². The fourth-order valence-electron chi connectivity index (χ4n) is 2.73. The SMILES string of the molecule is CCC(CC)(CBr)CN1C(=O)C(=O)c2cccc(C)c21. The molecule has 0 saturated carbocycles. The van der Waals surface area contributed by atoms with Crippen LogP contribution in [0.4, 0.5) is 5.69 Å².